The highest BCUT2D eigenvalue weighted by molar-refractivity contribution is 6.01. The van der Waals surface area contributed by atoms with Gasteiger partial charge in [0.1, 0.15) is 11.6 Å². The zero-order valence-electron chi connectivity index (χ0n) is 15.0. The van der Waals surface area contributed by atoms with Crippen LogP contribution in [0.4, 0.5) is 5.69 Å². The normalized spacial score (nSPS) is 14.9. The highest BCUT2D eigenvalue weighted by atomic mass is 16.5. The van der Waals surface area contributed by atoms with Crippen LogP contribution in [0.5, 0.6) is 0 Å². The molecule has 1 saturated heterocycles. The molecular formula is C20H27N3O2. The Kier molecular flexibility index (Phi) is 8.00. The summed E-state index contributed by atoms with van der Waals surface area (Å²) in [5, 5.41) is 12.0. The van der Waals surface area contributed by atoms with Gasteiger partial charge in [0.05, 0.1) is 0 Å². The molecule has 2 rings (SSSR count). The van der Waals surface area contributed by atoms with Gasteiger partial charge in [-0.05, 0) is 56.4 Å². The van der Waals surface area contributed by atoms with Gasteiger partial charge in [0, 0.05) is 38.5 Å². The van der Waals surface area contributed by atoms with Gasteiger partial charge in [0.15, 0.2) is 0 Å². The monoisotopic (exact) mass is 341 g/mol. The molecule has 1 aliphatic heterocycles. The standard InChI is InChI=1S/C20H27N3O2/c1-2-25-14-6-11-22-20(24)18(16-21)15-17-7-9-19(10-8-17)23-12-4-3-5-13-23/h7-10,15H,2-6,11-14H2,1H3,(H,22,24)/b18-15+. The molecule has 1 heterocycles. The van der Waals surface area contributed by atoms with Crippen LogP contribution in [0.15, 0.2) is 29.8 Å². The van der Waals surface area contributed by atoms with Crippen molar-refractivity contribution in [1.29, 1.82) is 5.26 Å². The summed E-state index contributed by atoms with van der Waals surface area (Å²) in [4.78, 5) is 14.5. The summed E-state index contributed by atoms with van der Waals surface area (Å²) in [6.07, 6.45) is 6.16. The zero-order valence-corrected chi connectivity index (χ0v) is 15.0. The fourth-order valence-corrected chi connectivity index (χ4v) is 2.86. The largest absolute Gasteiger partial charge is 0.382 e. The Morgan fingerprint density at radius 1 is 1.28 bits per heavy atom. The molecule has 25 heavy (non-hydrogen) atoms. The Balaban J connectivity index is 1.91. The Morgan fingerprint density at radius 2 is 2.00 bits per heavy atom. The van der Waals surface area contributed by atoms with E-state index in [9.17, 15) is 10.1 Å². The van der Waals surface area contributed by atoms with E-state index >= 15 is 0 Å². The highest BCUT2D eigenvalue weighted by Crippen LogP contribution is 2.21. The van der Waals surface area contributed by atoms with Crippen molar-refractivity contribution in [3.63, 3.8) is 0 Å². The first kappa shape index (κ1) is 19.0. The topological polar surface area (TPSA) is 65.4 Å². The van der Waals surface area contributed by atoms with E-state index in [1.165, 1.54) is 24.9 Å². The summed E-state index contributed by atoms with van der Waals surface area (Å²) in [5.41, 5.74) is 2.19. The molecule has 134 valence electrons. The zero-order chi connectivity index (χ0) is 17.9. The second kappa shape index (κ2) is 10.5. The van der Waals surface area contributed by atoms with Crippen molar-refractivity contribution in [3.05, 3.63) is 35.4 Å². The SMILES string of the molecule is CCOCCCNC(=O)/C(C#N)=C/c1ccc(N2CCCCC2)cc1. The summed E-state index contributed by atoms with van der Waals surface area (Å²) in [5.74, 6) is -0.334. The quantitative estimate of drug-likeness (QED) is 0.448. The third kappa shape index (κ3) is 6.24. The first-order valence-electron chi connectivity index (χ1n) is 9.07. The van der Waals surface area contributed by atoms with Crippen LogP contribution in [0, 0.1) is 11.3 Å². The minimum atomic E-state index is -0.334. The number of carbonyl (C=O) groups excluding carboxylic acids is 1. The molecule has 1 fully saturated rings. The number of piperidine rings is 1. The number of rotatable bonds is 8. The van der Waals surface area contributed by atoms with E-state index in [-0.39, 0.29) is 11.5 Å². The number of anilines is 1. The van der Waals surface area contributed by atoms with Gasteiger partial charge in [-0.3, -0.25) is 4.79 Å². The molecule has 1 aliphatic rings. The molecule has 0 radical (unpaired) electrons. The van der Waals surface area contributed by atoms with Crippen molar-refractivity contribution in [1.82, 2.24) is 5.32 Å². The van der Waals surface area contributed by atoms with Crippen LogP contribution < -0.4 is 10.2 Å². The van der Waals surface area contributed by atoms with E-state index in [0.717, 1.165) is 25.1 Å². The first-order chi connectivity index (χ1) is 12.2. The third-order valence-corrected chi connectivity index (χ3v) is 4.25. The summed E-state index contributed by atoms with van der Waals surface area (Å²) in [6, 6.07) is 10.0. The van der Waals surface area contributed by atoms with Crippen LogP contribution in [0.3, 0.4) is 0 Å². The van der Waals surface area contributed by atoms with E-state index in [2.05, 4.69) is 22.3 Å². The number of nitrogens with one attached hydrogen (secondary N) is 1. The van der Waals surface area contributed by atoms with Crippen molar-refractivity contribution < 1.29 is 9.53 Å². The van der Waals surface area contributed by atoms with Gasteiger partial charge in [-0.15, -0.1) is 0 Å². The molecule has 0 saturated carbocycles. The van der Waals surface area contributed by atoms with Gasteiger partial charge in [0.25, 0.3) is 5.91 Å². The minimum absolute atomic E-state index is 0.127. The van der Waals surface area contributed by atoms with Crippen LogP contribution in [0.2, 0.25) is 0 Å². The van der Waals surface area contributed by atoms with Crippen molar-refractivity contribution >= 4 is 17.7 Å². The maximum Gasteiger partial charge on any atom is 0.261 e. The first-order valence-corrected chi connectivity index (χ1v) is 9.07. The van der Waals surface area contributed by atoms with E-state index in [1.807, 2.05) is 25.1 Å². The van der Waals surface area contributed by atoms with Crippen LogP contribution in [0.1, 0.15) is 38.2 Å². The van der Waals surface area contributed by atoms with E-state index in [1.54, 1.807) is 6.08 Å². The van der Waals surface area contributed by atoms with Gasteiger partial charge < -0.3 is 15.0 Å². The fourth-order valence-electron chi connectivity index (χ4n) is 2.86. The summed E-state index contributed by atoms with van der Waals surface area (Å²) >= 11 is 0. The Hall–Kier alpha value is -2.32. The van der Waals surface area contributed by atoms with Crippen LogP contribution in [-0.4, -0.2) is 38.8 Å². The number of nitriles is 1. The van der Waals surface area contributed by atoms with Crippen molar-refractivity contribution in [3.8, 4) is 6.07 Å². The van der Waals surface area contributed by atoms with Gasteiger partial charge in [-0.2, -0.15) is 5.26 Å². The van der Waals surface area contributed by atoms with Crippen molar-refractivity contribution in [2.45, 2.75) is 32.6 Å². The molecule has 0 spiro atoms. The lowest BCUT2D eigenvalue weighted by Gasteiger charge is -2.28. The molecule has 1 aromatic rings. The highest BCUT2D eigenvalue weighted by Gasteiger charge is 2.11. The number of hydrogen-bond donors (Lipinski definition) is 1. The lowest BCUT2D eigenvalue weighted by atomic mass is 10.1. The molecule has 0 aliphatic carbocycles. The molecule has 0 bridgehead atoms. The van der Waals surface area contributed by atoms with Crippen molar-refractivity contribution in [2.24, 2.45) is 0 Å². The molecule has 0 aromatic heterocycles. The number of ether oxygens (including phenoxy) is 1. The second-order valence-corrected chi connectivity index (χ2v) is 6.12. The van der Waals surface area contributed by atoms with Gasteiger partial charge in [-0.1, -0.05) is 12.1 Å². The Morgan fingerprint density at radius 3 is 2.64 bits per heavy atom. The van der Waals surface area contributed by atoms with E-state index < -0.39 is 0 Å². The molecule has 1 N–H and O–H groups in total. The smallest absolute Gasteiger partial charge is 0.261 e. The lowest BCUT2D eigenvalue weighted by Crippen LogP contribution is -2.29. The number of carbonyl (C=O) groups is 1. The summed E-state index contributed by atoms with van der Waals surface area (Å²) in [6.45, 7) is 5.92. The minimum Gasteiger partial charge on any atom is -0.382 e. The van der Waals surface area contributed by atoms with E-state index in [0.29, 0.717) is 19.8 Å². The molecule has 0 unspecified atom stereocenters. The van der Waals surface area contributed by atoms with Crippen LogP contribution in [0.25, 0.3) is 6.08 Å². The van der Waals surface area contributed by atoms with E-state index in [4.69, 9.17) is 4.74 Å². The molecule has 1 amide bonds. The number of hydrogen-bond acceptors (Lipinski definition) is 4. The second-order valence-electron chi connectivity index (χ2n) is 6.12. The maximum atomic E-state index is 12.1. The molecular weight excluding hydrogens is 314 g/mol. The predicted octanol–water partition coefficient (Wildman–Crippen LogP) is 3.13. The van der Waals surface area contributed by atoms with Gasteiger partial charge >= 0.3 is 0 Å². The van der Waals surface area contributed by atoms with Crippen LogP contribution >= 0.6 is 0 Å². The lowest BCUT2D eigenvalue weighted by molar-refractivity contribution is -0.117. The fraction of sp³-hybridized carbons (Fsp3) is 0.500. The average molecular weight is 341 g/mol. The Bertz CT molecular complexity index is 611. The number of amides is 1. The predicted molar refractivity (Wildman–Crippen MR) is 100 cm³/mol. The molecule has 1 aromatic carbocycles. The third-order valence-electron chi connectivity index (χ3n) is 4.25. The maximum absolute atomic E-state index is 12.1. The van der Waals surface area contributed by atoms with Gasteiger partial charge in [0.2, 0.25) is 0 Å². The molecule has 5 nitrogen and oxygen atoms in total. The van der Waals surface area contributed by atoms with Crippen LogP contribution in [-0.2, 0) is 9.53 Å². The number of nitrogens with zero attached hydrogens (tertiary/aromatic N) is 2. The number of benzene rings is 1. The summed E-state index contributed by atoms with van der Waals surface area (Å²) < 4.78 is 5.22. The van der Waals surface area contributed by atoms with Gasteiger partial charge in [-0.25, -0.2) is 0 Å². The average Bonchev–Trinajstić information content (AvgIpc) is 2.67. The molecule has 0 atom stereocenters. The Labute approximate surface area is 150 Å². The summed E-state index contributed by atoms with van der Waals surface area (Å²) in [7, 11) is 0. The van der Waals surface area contributed by atoms with Crippen molar-refractivity contribution in [2.75, 3.05) is 37.7 Å². The molecule has 5 heteroatoms.